The van der Waals surface area contributed by atoms with Gasteiger partial charge >= 0.3 is 6.03 Å². The topological polar surface area (TPSA) is 61.4 Å². The maximum absolute atomic E-state index is 12.0. The van der Waals surface area contributed by atoms with Gasteiger partial charge in [-0.3, -0.25) is 0 Å². The summed E-state index contributed by atoms with van der Waals surface area (Å²) in [5.41, 5.74) is 3.21. The molecule has 1 rings (SSSR count). The third-order valence-electron chi connectivity index (χ3n) is 3.73. The molecule has 0 aromatic heterocycles. The third kappa shape index (κ3) is 5.38. The van der Waals surface area contributed by atoms with Crippen LogP contribution < -0.4 is 10.6 Å². The molecule has 3 N–H and O–H groups in total. The summed E-state index contributed by atoms with van der Waals surface area (Å²) in [5.74, 6) is 0.211. The number of amides is 2. The van der Waals surface area contributed by atoms with Crippen LogP contribution in [0.3, 0.4) is 0 Å². The van der Waals surface area contributed by atoms with Gasteiger partial charge in [-0.2, -0.15) is 0 Å². The lowest BCUT2D eigenvalue weighted by Gasteiger charge is -2.17. The largest absolute Gasteiger partial charge is 0.393 e. The number of carbonyl (C=O) groups is 1. The highest BCUT2D eigenvalue weighted by atomic mass is 16.3. The fraction of sp³-hybridized carbons (Fsp3) is 0.588. The molecular weight excluding hydrogens is 264 g/mol. The van der Waals surface area contributed by atoms with Crippen LogP contribution in [0.5, 0.6) is 0 Å². The van der Waals surface area contributed by atoms with E-state index in [1.807, 2.05) is 32.0 Å². The summed E-state index contributed by atoms with van der Waals surface area (Å²) in [7, 11) is 0. The fourth-order valence-corrected chi connectivity index (χ4v) is 2.23. The van der Waals surface area contributed by atoms with E-state index in [4.69, 9.17) is 0 Å². The molecule has 118 valence electrons. The van der Waals surface area contributed by atoms with Gasteiger partial charge in [-0.15, -0.1) is 0 Å². The lowest BCUT2D eigenvalue weighted by atomic mass is 10.0. The summed E-state index contributed by atoms with van der Waals surface area (Å²) in [5, 5.41) is 15.5. The van der Waals surface area contributed by atoms with Gasteiger partial charge in [0.15, 0.2) is 0 Å². The number of benzene rings is 1. The van der Waals surface area contributed by atoms with E-state index in [-0.39, 0.29) is 18.1 Å². The fourth-order valence-electron chi connectivity index (χ4n) is 2.23. The van der Waals surface area contributed by atoms with Crippen molar-refractivity contribution in [2.45, 2.75) is 53.1 Å². The average molecular weight is 292 g/mol. The minimum Gasteiger partial charge on any atom is -0.393 e. The van der Waals surface area contributed by atoms with Crippen LogP contribution in [-0.4, -0.2) is 23.8 Å². The molecule has 2 amide bonds. The number of para-hydroxylation sites is 1. The molecule has 0 bridgehead atoms. The van der Waals surface area contributed by atoms with Crippen molar-refractivity contribution in [3.8, 4) is 0 Å². The molecule has 1 aromatic rings. The summed E-state index contributed by atoms with van der Waals surface area (Å²) in [6.45, 7) is 8.57. The van der Waals surface area contributed by atoms with Crippen LogP contribution >= 0.6 is 0 Å². The van der Waals surface area contributed by atoms with Crippen LogP contribution in [0.2, 0.25) is 0 Å². The molecule has 0 aliphatic heterocycles. The third-order valence-corrected chi connectivity index (χ3v) is 3.73. The average Bonchev–Trinajstić information content (AvgIpc) is 2.47. The molecule has 1 unspecified atom stereocenters. The van der Waals surface area contributed by atoms with E-state index in [1.165, 1.54) is 0 Å². The van der Waals surface area contributed by atoms with Gasteiger partial charge in [-0.05, 0) is 36.3 Å². The van der Waals surface area contributed by atoms with E-state index < -0.39 is 0 Å². The molecule has 0 heterocycles. The molecular formula is C17H28N2O2. The van der Waals surface area contributed by atoms with Crippen molar-refractivity contribution in [2.75, 3.05) is 11.9 Å². The predicted molar refractivity (Wildman–Crippen MR) is 87.7 cm³/mol. The van der Waals surface area contributed by atoms with Gasteiger partial charge in [0.2, 0.25) is 0 Å². The molecule has 0 radical (unpaired) electrons. The highest BCUT2D eigenvalue weighted by Crippen LogP contribution is 2.22. The lowest BCUT2D eigenvalue weighted by molar-refractivity contribution is 0.117. The molecule has 0 saturated carbocycles. The van der Waals surface area contributed by atoms with E-state index in [9.17, 15) is 9.90 Å². The van der Waals surface area contributed by atoms with Crippen molar-refractivity contribution < 1.29 is 9.90 Å². The minimum absolute atomic E-state index is 0.207. The Kier molecular flexibility index (Phi) is 7.23. The maximum Gasteiger partial charge on any atom is 0.319 e. The molecule has 21 heavy (non-hydrogen) atoms. The van der Waals surface area contributed by atoms with Crippen LogP contribution in [0, 0.1) is 5.92 Å². The van der Waals surface area contributed by atoms with E-state index in [1.54, 1.807) is 0 Å². The van der Waals surface area contributed by atoms with E-state index >= 15 is 0 Å². The van der Waals surface area contributed by atoms with Crippen LogP contribution in [0.4, 0.5) is 10.5 Å². The van der Waals surface area contributed by atoms with Crippen molar-refractivity contribution >= 4 is 11.7 Å². The zero-order valence-corrected chi connectivity index (χ0v) is 13.6. The van der Waals surface area contributed by atoms with Gasteiger partial charge in [-0.25, -0.2) is 4.79 Å². The second-order valence-electron chi connectivity index (χ2n) is 5.64. The van der Waals surface area contributed by atoms with Crippen molar-refractivity contribution in [3.63, 3.8) is 0 Å². The van der Waals surface area contributed by atoms with E-state index in [2.05, 4.69) is 24.5 Å². The van der Waals surface area contributed by atoms with Crippen LogP contribution in [-0.2, 0) is 12.8 Å². The zero-order chi connectivity index (χ0) is 15.8. The summed E-state index contributed by atoms with van der Waals surface area (Å²) in [6.07, 6.45) is 1.96. The minimum atomic E-state index is -0.376. The number of aliphatic hydroxyl groups excluding tert-OH is 1. The molecule has 4 nitrogen and oxygen atoms in total. The standard InChI is InChI=1S/C17H28N2O2/c1-5-13-8-7-9-14(6-2)16(13)19-17(21)18-11-10-15(20)12(3)4/h7-9,12,15,20H,5-6,10-11H2,1-4H3,(H2,18,19,21). The number of carbonyl (C=O) groups excluding carboxylic acids is 1. The SMILES string of the molecule is CCc1cccc(CC)c1NC(=O)NCCC(O)C(C)C. The first-order valence-electron chi connectivity index (χ1n) is 7.83. The van der Waals surface area contributed by atoms with E-state index in [0.29, 0.717) is 13.0 Å². The number of anilines is 1. The maximum atomic E-state index is 12.0. The van der Waals surface area contributed by atoms with Crippen LogP contribution in [0.15, 0.2) is 18.2 Å². The highest BCUT2D eigenvalue weighted by molar-refractivity contribution is 5.91. The van der Waals surface area contributed by atoms with Crippen molar-refractivity contribution in [1.82, 2.24) is 5.32 Å². The Bertz CT molecular complexity index is 436. The first-order chi connectivity index (χ1) is 9.99. The van der Waals surface area contributed by atoms with Gasteiger partial charge in [0, 0.05) is 12.2 Å². The van der Waals surface area contributed by atoms with Crippen molar-refractivity contribution in [1.29, 1.82) is 0 Å². The second kappa shape index (κ2) is 8.67. The van der Waals surface area contributed by atoms with Gasteiger partial charge in [0.1, 0.15) is 0 Å². The number of aliphatic hydroxyl groups is 1. The molecule has 0 aliphatic rings. The van der Waals surface area contributed by atoms with Crippen molar-refractivity contribution in [3.05, 3.63) is 29.3 Å². The highest BCUT2D eigenvalue weighted by Gasteiger charge is 2.11. The number of hydrogen-bond acceptors (Lipinski definition) is 2. The monoisotopic (exact) mass is 292 g/mol. The first kappa shape index (κ1) is 17.5. The summed E-state index contributed by atoms with van der Waals surface area (Å²) >= 11 is 0. The molecule has 4 heteroatoms. The van der Waals surface area contributed by atoms with Crippen LogP contribution in [0.1, 0.15) is 45.2 Å². The summed E-state index contributed by atoms with van der Waals surface area (Å²) < 4.78 is 0. The Hall–Kier alpha value is -1.55. The Morgan fingerprint density at radius 2 is 1.76 bits per heavy atom. The summed E-state index contributed by atoms with van der Waals surface area (Å²) in [6, 6.07) is 5.90. The quantitative estimate of drug-likeness (QED) is 0.722. The molecule has 0 spiro atoms. The van der Waals surface area contributed by atoms with Gasteiger partial charge in [0.25, 0.3) is 0 Å². The number of rotatable bonds is 7. The number of aryl methyl sites for hydroxylation is 2. The Balaban J connectivity index is 2.59. The Labute approximate surface area is 128 Å². The lowest BCUT2D eigenvalue weighted by Crippen LogP contribution is -2.32. The van der Waals surface area contributed by atoms with Crippen LogP contribution in [0.25, 0.3) is 0 Å². The second-order valence-corrected chi connectivity index (χ2v) is 5.64. The Morgan fingerprint density at radius 1 is 1.19 bits per heavy atom. The Morgan fingerprint density at radius 3 is 2.24 bits per heavy atom. The molecule has 0 aliphatic carbocycles. The smallest absolute Gasteiger partial charge is 0.319 e. The number of urea groups is 1. The molecule has 0 fully saturated rings. The summed E-state index contributed by atoms with van der Waals surface area (Å²) in [4.78, 5) is 12.0. The number of nitrogens with one attached hydrogen (secondary N) is 2. The predicted octanol–water partition coefficient (Wildman–Crippen LogP) is 3.34. The zero-order valence-electron chi connectivity index (χ0n) is 13.6. The van der Waals surface area contributed by atoms with Gasteiger partial charge < -0.3 is 15.7 Å². The van der Waals surface area contributed by atoms with Gasteiger partial charge in [0.05, 0.1) is 6.10 Å². The number of hydrogen-bond donors (Lipinski definition) is 3. The van der Waals surface area contributed by atoms with E-state index in [0.717, 1.165) is 29.7 Å². The first-order valence-corrected chi connectivity index (χ1v) is 7.83. The normalized spacial score (nSPS) is 12.3. The molecule has 1 atom stereocenters. The van der Waals surface area contributed by atoms with Crippen molar-refractivity contribution in [2.24, 2.45) is 5.92 Å². The van der Waals surface area contributed by atoms with Gasteiger partial charge in [-0.1, -0.05) is 45.9 Å². The molecule has 1 aromatic carbocycles. The molecule has 0 saturated heterocycles.